The van der Waals surface area contributed by atoms with Gasteiger partial charge in [-0.2, -0.15) is 0 Å². The van der Waals surface area contributed by atoms with Gasteiger partial charge in [-0.3, -0.25) is 0 Å². The maximum atomic E-state index is 8.89. The third-order valence-electron chi connectivity index (χ3n) is 0. The molecule has 2 nitrogen and oxygen atoms in total. The molecule has 0 aliphatic carbocycles. The van der Waals surface area contributed by atoms with E-state index in [1.165, 1.54) is 0 Å². The van der Waals surface area contributed by atoms with Crippen LogP contribution in [-0.2, 0) is 4.79 Å². The normalized spacial score (nSPS) is 2.27. The van der Waals surface area contributed by atoms with E-state index in [9.17, 15) is 0 Å². The van der Waals surface area contributed by atoms with E-state index in [-0.39, 0.29) is 132 Å². The molecule has 9 heteroatoms. The van der Waals surface area contributed by atoms with E-state index in [1.807, 2.05) is 0 Å². The van der Waals surface area contributed by atoms with Crippen molar-refractivity contribution in [1.29, 1.82) is 0 Å². The fraction of sp³-hybridized carbons (Fsp3) is 0.500. The van der Waals surface area contributed by atoms with E-state index in [0.717, 1.165) is 6.92 Å². The summed E-state index contributed by atoms with van der Waals surface area (Å²) < 4.78 is 0. The maximum Gasteiger partial charge on any atom is 1.00 e. The molecule has 0 heterocycles. The quantitative estimate of drug-likeness (QED) is 0.371. The molecule has 0 unspecified atom stereocenters. The largest absolute Gasteiger partial charge is 1.00 e. The molecule has 0 bridgehead atoms. The summed E-state index contributed by atoms with van der Waals surface area (Å²) >= 11 is 0. The van der Waals surface area contributed by atoms with Gasteiger partial charge in [0.25, 0.3) is 0 Å². The second-order valence-electron chi connectivity index (χ2n) is 0.492. The van der Waals surface area contributed by atoms with Gasteiger partial charge in [-0.25, -0.2) is 0 Å². The standard InChI is InChI=1S/C2H4O2.3FH.4Na/c1-2(3)4;;;;;;;/h1H3,(H,3,4);3*1H;;;;/q;;;;4*+1/p-4. The minimum atomic E-state index is -1.08. The molecule has 0 rings (SSSR count). The number of carbonyl (C=O) groups is 1. The molecule has 0 fully saturated rings. The molecule has 48 valence electrons. The third kappa shape index (κ3) is 158. The Morgan fingerprint density at radius 1 is 0.909 bits per heavy atom. The first-order valence-corrected chi connectivity index (χ1v) is 0.908. The summed E-state index contributed by atoms with van der Waals surface area (Å²) in [6.07, 6.45) is 0. The number of carboxylic acid groups (broad SMARTS) is 1. The molecule has 0 saturated carbocycles. The van der Waals surface area contributed by atoms with Crippen LogP contribution in [0.3, 0.4) is 0 Å². The zero-order chi connectivity index (χ0) is 3.58. The Balaban J connectivity index is -0.00000000214. The van der Waals surface area contributed by atoms with E-state index in [1.54, 1.807) is 0 Å². The summed E-state index contributed by atoms with van der Waals surface area (Å²) in [6.45, 7) is 0.972. The predicted octanol–water partition coefficient (Wildman–Crippen LogP) is -22.2. The van der Waals surface area contributed by atoms with Gasteiger partial charge in [0.05, 0.1) is 0 Å². The number of hydrogen-bond acceptors (Lipinski definition) is 2. The molecule has 0 aliphatic heterocycles. The summed E-state index contributed by atoms with van der Waals surface area (Å²) in [7, 11) is 0. The van der Waals surface area contributed by atoms with Crippen LogP contribution in [0.1, 0.15) is 6.92 Å². The van der Waals surface area contributed by atoms with Gasteiger partial charge >= 0.3 is 118 Å². The fourth-order valence-corrected chi connectivity index (χ4v) is 0. The second kappa shape index (κ2) is 50.9. The Labute approximate surface area is 152 Å². The number of carboxylic acids is 1. The predicted molar refractivity (Wildman–Crippen MR) is 10.7 cm³/mol. The van der Waals surface area contributed by atoms with Crippen molar-refractivity contribution in [3.05, 3.63) is 0 Å². The van der Waals surface area contributed by atoms with Crippen molar-refractivity contribution in [3.63, 3.8) is 0 Å². The average Bonchev–Trinajstić information content (AvgIpc) is 0.811. The van der Waals surface area contributed by atoms with Gasteiger partial charge in [-0.1, -0.05) is 0 Å². The van der Waals surface area contributed by atoms with E-state index in [4.69, 9.17) is 9.90 Å². The number of halogens is 3. The zero-order valence-corrected chi connectivity index (χ0v) is 15.5. The third-order valence-corrected chi connectivity index (χ3v) is 0. The molecule has 0 amide bonds. The molecule has 0 aromatic rings. The monoisotopic (exact) mass is 208 g/mol. The van der Waals surface area contributed by atoms with E-state index in [2.05, 4.69) is 0 Å². The topological polar surface area (TPSA) is 40.1 Å². The summed E-state index contributed by atoms with van der Waals surface area (Å²) in [5, 5.41) is 8.89. The summed E-state index contributed by atoms with van der Waals surface area (Å²) in [4.78, 5) is 8.89. The first-order valence-electron chi connectivity index (χ1n) is 0.908. The average molecular weight is 208 g/mol. The summed E-state index contributed by atoms with van der Waals surface area (Å²) in [6, 6.07) is 0. The smallest absolute Gasteiger partial charge is 1.00 e. The molecular formula is C2H3F3Na4O2. The van der Waals surface area contributed by atoms with Crippen molar-refractivity contribution in [2.24, 2.45) is 0 Å². The van der Waals surface area contributed by atoms with Crippen molar-refractivity contribution in [1.82, 2.24) is 0 Å². The second-order valence-corrected chi connectivity index (χ2v) is 0.492. The van der Waals surface area contributed by atoms with Crippen LogP contribution in [0.2, 0.25) is 0 Å². The van der Waals surface area contributed by atoms with Gasteiger partial charge in [-0.05, 0) is 6.92 Å². The van der Waals surface area contributed by atoms with Crippen LogP contribution in [0, 0.1) is 0 Å². The van der Waals surface area contributed by atoms with E-state index < -0.39 is 5.97 Å². The zero-order valence-electron chi connectivity index (χ0n) is 7.45. The van der Waals surface area contributed by atoms with Crippen molar-refractivity contribution in [3.8, 4) is 0 Å². The van der Waals surface area contributed by atoms with Crippen molar-refractivity contribution >= 4 is 5.97 Å². The van der Waals surface area contributed by atoms with Crippen LogP contribution in [0.25, 0.3) is 0 Å². The van der Waals surface area contributed by atoms with Gasteiger partial charge < -0.3 is 24.0 Å². The van der Waals surface area contributed by atoms with Crippen LogP contribution < -0.4 is 137 Å². The maximum absolute atomic E-state index is 8.89. The number of aliphatic carboxylic acids is 1. The van der Waals surface area contributed by atoms with Crippen LogP contribution >= 0.6 is 0 Å². The SMILES string of the molecule is CC(=O)[O-].[F-].[F-].[F-].[Na+].[Na+].[Na+].[Na+]. The van der Waals surface area contributed by atoms with Crippen LogP contribution in [0.15, 0.2) is 0 Å². The summed E-state index contributed by atoms with van der Waals surface area (Å²) in [5.41, 5.74) is 0. The Morgan fingerprint density at radius 2 is 0.909 bits per heavy atom. The molecule has 0 aromatic heterocycles. The van der Waals surface area contributed by atoms with Crippen molar-refractivity contribution in [2.45, 2.75) is 6.92 Å². The van der Waals surface area contributed by atoms with E-state index >= 15 is 0 Å². The minimum absolute atomic E-state index is 0. The number of rotatable bonds is 0. The molecule has 0 atom stereocenters. The van der Waals surface area contributed by atoms with Gasteiger partial charge in [0.1, 0.15) is 0 Å². The van der Waals surface area contributed by atoms with Crippen molar-refractivity contribution < 1.29 is 142 Å². The molecule has 0 spiro atoms. The first-order chi connectivity index (χ1) is 1.73. The molecule has 0 N–H and O–H groups in total. The Hall–Kier alpha value is 3.26. The van der Waals surface area contributed by atoms with Gasteiger partial charge in [-0.15, -0.1) is 0 Å². The molecule has 0 radical (unpaired) electrons. The minimum Gasteiger partial charge on any atom is -1.00 e. The number of carbonyl (C=O) groups excluding carboxylic acids is 1. The van der Waals surface area contributed by atoms with Crippen LogP contribution in [0.4, 0.5) is 0 Å². The Kier molecular flexibility index (Phi) is 296. The van der Waals surface area contributed by atoms with Gasteiger partial charge in [0, 0.05) is 5.97 Å². The molecule has 0 aromatic carbocycles. The summed E-state index contributed by atoms with van der Waals surface area (Å²) in [5.74, 6) is -1.08. The molecule has 0 saturated heterocycles. The molecule has 11 heavy (non-hydrogen) atoms. The number of hydrogen-bond donors (Lipinski definition) is 0. The van der Waals surface area contributed by atoms with Gasteiger partial charge in [0.15, 0.2) is 0 Å². The van der Waals surface area contributed by atoms with E-state index in [0.29, 0.717) is 0 Å². The molecule has 0 aliphatic rings. The fourth-order valence-electron chi connectivity index (χ4n) is 0. The van der Waals surface area contributed by atoms with Crippen molar-refractivity contribution in [2.75, 3.05) is 0 Å². The van der Waals surface area contributed by atoms with Crippen LogP contribution in [-0.4, -0.2) is 5.97 Å². The first kappa shape index (κ1) is 64.0. The van der Waals surface area contributed by atoms with Gasteiger partial charge in [0.2, 0.25) is 0 Å². The molecular weight excluding hydrogens is 205 g/mol. The van der Waals surface area contributed by atoms with Crippen LogP contribution in [0.5, 0.6) is 0 Å². The Bertz CT molecular complexity index is 44.3. The Morgan fingerprint density at radius 3 is 0.909 bits per heavy atom.